The molecule has 0 bridgehead atoms. The van der Waals surface area contributed by atoms with Crippen LogP contribution in [0.4, 0.5) is 4.79 Å². The zero-order chi connectivity index (χ0) is 9.76. The van der Waals surface area contributed by atoms with Gasteiger partial charge in [-0.2, -0.15) is 0 Å². The lowest BCUT2D eigenvalue weighted by Gasteiger charge is -2.36. The number of ether oxygens (including phenoxy) is 1. The highest BCUT2D eigenvalue weighted by atomic mass is 16.5. The van der Waals surface area contributed by atoms with Crippen LogP contribution in [-0.4, -0.2) is 18.7 Å². The Morgan fingerprint density at radius 3 is 2.93 bits per heavy atom. The number of fused-ring (bicyclic) bond motifs is 1. The summed E-state index contributed by atoms with van der Waals surface area (Å²) in [4.78, 5) is 11.3. The quantitative estimate of drug-likeness (QED) is 0.694. The number of carbonyl (C=O) groups excluding carboxylic acids is 1. The maximum atomic E-state index is 11.3. The van der Waals surface area contributed by atoms with E-state index in [9.17, 15) is 4.79 Å². The van der Waals surface area contributed by atoms with Gasteiger partial charge in [-0.15, -0.1) is 0 Å². The van der Waals surface area contributed by atoms with Gasteiger partial charge in [0.2, 0.25) is 0 Å². The molecule has 3 rings (SSSR count). The molecule has 0 aromatic heterocycles. The van der Waals surface area contributed by atoms with Gasteiger partial charge in [0.15, 0.2) is 0 Å². The van der Waals surface area contributed by atoms with Crippen LogP contribution >= 0.6 is 0 Å². The van der Waals surface area contributed by atoms with E-state index in [1.807, 2.05) is 0 Å². The second-order valence-electron chi connectivity index (χ2n) is 5.06. The second-order valence-corrected chi connectivity index (χ2v) is 5.06. The van der Waals surface area contributed by atoms with Crippen molar-refractivity contribution < 1.29 is 9.53 Å². The van der Waals surface area contributed by atoms with Crippen LogP contribution in [0.25, 0.3) is 0 Å². The predicted octanol–water partition coefficient (Wildman–Crippen LogP) is 1.92. The number of methoxy groups -OCH3 is 1. The molecule has 14 heavy (non-hydrogen) atoms. The van der Waals surface area contributed by atoms with Gasteiger partial charge in [0, 0.05) is 5.54 Å². The van der Waals surface area contributed by atoms with E-state index in [-0.39, 0.29) is 11.6 Å². The topological polar surface area (TPSA) is 38.3 Å². The fourth-order valence-electron chi connectivity index (χ4n) is 4.05. The average Bonchev–Trinajstić information content (AvgIpc) is 2.76. The third-order valence-electron chi connectivity index (χ3n) is 4.59. The molecule has 0 heterocycles. The van der Waals surface area contributed by atoms with Crippen LogP contribution in [-0.2, 0) is 4.74 Å². The van der Waals surface area contributed by atoms with Crippen molar-refractivity contribution in [2.45, 2.75) is 37.6 Å². The summed E-state index contributed by atoms with van der Waals surface area (Å²) in [5.41, 5.74) is 0.126. The zero-order valence-corrected chi connectivity index (χ0v) is 8.58. The van der Waals surface area contributed by atoms with Crippen LogP contribution in [0.3, 0.4) is 0 Å². The summed E-state index contributed by atoms with van der Waals surface area (Å²) in [6.45, 7) is 0. The van der Waals surface area contributed by atoms with Gasteiger partial charge >= 0.3 is 6.09 Å². The number of hydrogen-bond acceptors (Lipinski definition) is 2. The summed E-state index contributed by atoms with van der Waals surface area (Å²) >= 11 is 0. The molecule has 4 unspecified atom stereocenters. The maximum absolute atomic E-state index is 11.3. The van der Waals surface area contributed by atoms with E-state index in [1.165, 1.54) is 39.2 Å². The molecule has 4 atom stereocenters. The Labute approximate surface area is 84.2 Å². The monoisotopic (exact) mass is 195 g/mol. The van der Waals surface area contributed by atoms with E-state index in [4.69, 9.17) is 4.74 Å². The normalized spacial score (nSPS) is 48.2. The molecule has 1 amide bonds. The molecule has 0 aliphatic heterocycles. The first-order chi connectivity index (χ1) is 6.77. The molecule has 3 nitrogen and oxygen atoms in total. The third kappa shape index (κ3) is 0.956. The van der Waals surface area contributed by atoms with E-state index >= 15 is 0 Å². The lowest BCUT2D eigenvalue weighted by molar-refractivity contribution is 0.138. The van der Waals surface area contributed by atoms with Crippen molar-refractivity contribution in [3.8, 4) is 0 Å². The van der Waals surface area contributed by atoms with Crippen molar-refractivity contribution in [3.05, 3.63) is 0 Å². The fourth-order valence-corrected chi connectivity index (χ4v) is 4.05. The van der Waals surface area contributed by atoms with Gasteiger partial charge in [-0.25, -0.2) is 4.79 Å². The Morgan fingerprint density at radius 1 is 1.36 bits per heavy atom. The van der Waals surface area contributed by atoms with Crippen molar-refractivity contribution in [3.63, 3.8) is 0 Å². The molecule has 3 fully saturated rings. The molecule has 3 aliphatic carbocycles. The molecule has 0 saturated heterocycles. The third-order valence-corrected chi connectivity index (χ3v) is 4.59. The summed E-state index contributed by atoms with van der Waals surface area (Å²) < 4.78 is 4.72. The maximum Gasteiger partial charge on any atom is 0.407 e. The molecule has 78 valence electrons. The lowest BCUT2D eigenvalue weighted by Crippen LogP contribution is -2.50. The van der Waals surface area contributed by atoms with Crippen LogP contribution in [0, 0.1) is 17.8 Å². The average molecular weight is 195 g/mol. The number of carbonyl (C=O) groups is 1. The van der Waals surface area contributed by atoms with Gasteiger partial charge in [-0.3, -0.25) is 0 Å². The number of hydrogen-bond donors (Lipinski definition) is 1. The van der Waals surface area contributed by atoms with Gasteiger partial charge in [0.05, 0.1) is 7.11 Å². The molecule has 0 radical (unpaired) electrons. The first-order valence-corrected chi connectivity index (χ1v) is 5.63. The smallest absolute Gasteiger partial charge is 0.407 e. The minimum atomic E-state index is -0.238. The van der Waals surface area contributed by atoms with E-state index in [0.29, 0.717) is 0 Å². The SMILES string of the molecule is COC(=O)NC12CCCC3C(CC1)C32. The fraction of sp³-hybridized carbons (Fsp3) is 0.909. The molecular weight excluding hydrogens is 178 g/mol. The van der Waals surface area contributed by atoms with Crippen LogP contribution in [0.2, 0.25) is 0 Å². The Morgan fingerprint density at radius 2 is 2.14 bits per heavy atom. The zero-order valence-electron chi connectivity index (χ0n) is 8.58. The van der Waals surface area contributed by atoms with Gasteiger partial charge in [0.1, 0.15) is 0 Å². The van der Waals surface area contributed by atoms with Crippen LogP contribution in [0.15, 0.2) is 0 Å². The lowest BCUT2D eigenvalue weighted by atomic mass is 9.79. The Bertz CT molecular complexity index is 274. The number of amides is 1. The summed E-state index contributed by atoms with van der Waals surface area (Å²) in [6.07, 6.45) is 6.09. The molecule has 3 heteroatoms. The highest BCUT2D eigenvalue weighted by Crippen LogP contribution is 2.67. The van der Waals surface area contributed by atoms with Gasteiger partial charge in [0.25, 0.3) is 0 Å². The van der Waals surface area contributed by atoms with E-state index in [0.717, 1.165) is 17.8 Å². The molecular formula is C11H17NO2. The van der Waals surface area contributed by atoms with Crippen LogP contribution in [0.1, 0.15) is 32.1 Å². The number of rotatable bonds is 1. The van der Waals surface area contributed by atoms with Gasteiger partial charge in [-0.05, 0) is 43.4 Å². The summed E-state index contributed by atoms with van der Waals surface area (Å²) in [7, 11) is 1.45. The van der Waals surface area contributed by atoms with Crippen LogP contribution < -0.4 is 5.32 Å². The Balaban J connectivity index is 1.78. The predicted molar refractivity (Wildman–Crippen MR) is 51.8 cm³/mol. The molecule has 0 aromatic carbocycles. The van der Waals surface area contributed by atoms with E-state index in [2.05, 4.69) is 5.32 Å². The summed E-state index contributed by atoms with van der Waals surface area (Å²) in [5.74, 6) is 2.64. The molecule has 0 spiro atoms. The summed E-state index contributed by atoms with van der Waals surface area (Å²) in [5, 5.41) is 3.10. The van der Waals surface area contributed by atoms with Gasteiger partial charge < -0.3 is 10.1 Å². The highest BCUT2D eigenvalue weighted by Gasteiger charge is 2.66. The minimum Gasteiger partial charge on any atom is -0.453 e. The van der Waals surface area contributed by atoms with Crippen molar-refractivity contribution in [1.29, 1.82) is 0 Å². The number of alkyl carbamates (subject to hydrolysis) is 1. The second kappa shape index (κ2) is 2.65. The largest absolute Gasteiger partial charge is 0.453 e. The first kappa shape index (κ1) is 8.57. The molecule has 1 N–H and O–H groups in total. The highest BCUT2D eigenvalue weighted by molar-refractivity contribution is 5.68. The standard InChI is InChI=1S/C11H17NO2/c1-14-10(13)12-11-5-2-3-7-8(4-6-11)9(7)11/h7-9H,2-6H2,1H3,(H,12,13). The minimum absolute atomic E-state index is 0.126. The van der Waals surface area contributed by atoms with Crippen molar-refractivity contribution in [2.24, 2.45) is 17.8 Å². The molecule has 3 aliphatic rings. The van der Waals surface area contributed by atoms with Crippen molar-refractivity contribution in [2.75, 3.05) is 7.11 Å². The first-order valence-electron chi connectivity index (χ1n) is 5.63. The Hall–Kier alpha value is -0.730. The number of nitrogens with one attached hydrogen (secondary N) is 1. The van der Waals surface area contributed by atoms with E-state index < -0.39 is 0 Å². The molecule has 3 saturated carbocycles. The van der Waals surface area contributed by atoms with Crippen LogP contribution in [0.5, 0.6) is 0 Å². The Kier molecular flexibility index (Phi) is 1.62. The molecule has 0 aromatic rings. The van der Waals surface area contributed by atoms with Crippen molar-refractivity contribution in [1.82, 2.24) is 5.32 Å². The van der Waals surface area contributed by atoms with Crippen molar-refractivity contribution >= 4 is 6.09 Å². The van der Waals surface area contributed by atoms with Gasteiger partial charge in [-0.1, -0.05) is 6.42 Å². The summed E-state index contributed by atoms with van der Waals surface area (Å²) in [6, 6.07) is 0. The van der Waals surface area contributed by atoms with E-state index in [1.54, 1.807) is 0 Å².